The van der Waals surface area contributed by atoms with Crippen LogP contribution in [-0.2, 0) is 22.7 Å². The molecule has 150 valence electrons. The number of amides is 2. The van der Waals surface area contributed by atoms with Crippen molar-refractivity contribution in [2.45, 2.75) is 13.1 Å². The lowest BCUT2D eigenvalue weighted by Crippen LogP contribution is -2.33. The molecule has 0 saturated carbocycles. The summed E-state index contributed by atoms with van der Waals surface area (Å²) >= 11 is 6.03. The van der Waals surface area contributed by atoms with Crippen molar-refractivity contribution in [3.05, 3.63) is 107 Å². The molecular formula is C24H20ClN3O2. The van der Waals surface area contributed by atoms with E-state index in [9.17, 15) is 9.59 Å². The van der Waals surface area contributed by atoms with Crippen molar-refractivity contribution in [1.82, 2.24) is 14.8 Å². The largest absolute Gasteiger partial charge is 0.365 e. The molecule has 0 fully saturated rings. The van der Waals surface area contributed by atoms with Crippen LogP contribution in [0.4, 0.5) is 0 Å². The number of benzene rings is 2. The minimum Gasteiger partial charge on any atom is -0.365 e. The van der Waals surface area contributed by atoms with E-state index in [1.54, 1.807) is 42.6 Å². The number of halogens is 1. The number of likely N-dealkylation sites (N-methyl/N-ethyl adjacent to an activating group) is 1. The quantitative estimate of drug-likeness (QED) is 0.565. The first-order valence-corrected chi connectivity index (χ1v) is 9.94. The van der Waals surface area contributed by atoms with E-state index < -0.39 is 0 Å². The van der Waals surface area contributed by atoms with Crippen molar-refractivity contribution in [3.8, 4) is 0 Å². The zero-order valence-corrected chi connectivity index (χ0v) is 17.2. The highest BCUT2D eigenvalue weighted by Crippen LogP contribution is 2.33. The molecule has 0 bridgehead atoms. The Kier molecular flexibility index (Phi) is 5.63. The van der Waals surface area contributed by atoms with Crippen LogP contribution in [0.15, 0.2) is 84.7 Å². The van der Waals surface area contributed by atoms with Crippen LogP contribution in [0.25, 0.3) is 5.57 Å². The van der Waals surface area contributed by atoms with Crippen LogP contribution in [0.3, 0.4) is 0 Å². The number of rotatable bonds is 6. The van der Waals surface area contributed by atoms with Crippen LogP contribution in [0.5, 0.6) is 0 Å². The van der Waals surface area contributed by atoms with Gasteiger partial charge in [0.15, 0.2) is 0 Å². The van der Waals surface area contributed by atoms with Gasteiger partial charge in [-0.2, -0.15) is 0 Å². The molecule has 0 unspecified atom stereocenters. The monoisotopic (exact) mass is 417 g/mol. The molecule has 1 aromatic heterocycles. The van der Waals surface area contributed by atoms with Crippen LogP contribution in [-0.4, -0.2) is 33.6 Å². The molecule has 4 rings (SSSR count). The van der Waals surface area contributed by atoms with Gasteiger partial charge in [-0.15, -0.1) is 0 Å². The van der Waals surface area contributed by atoms with E-state index in [2.05, 4.69) is 4.98 Å². The molecule has 0 aliphatic carbocycles. The molecule has 0 atom stereocenters. The van der Waals surface area contributed by atoms with Crippen molar-refractivity contribution in [1.29, 1.82) is 0 Å². The van der Waals surface area contributed by atoms with Gasteiger partial charge >= 0.3 is 0 Å². The molecular weight excluding hydrogens is 398 g/mol. The molecule has 5 nitrogen and oxygen atoms in total. The molecule has 2 heterocycles. The Bertz CT molecular complexity index is 1100. The Morgan fingerprint density at radius 1 is 0.900 bits per heavy atom. The average molecular weight is 418 g/mol. The Hall–Kier alpha value is -3.44. The van der Waals surface area contributed by atoms with Crippen LogP contribution in [0.1, 0.15) is 16.8 Å². The van der Waals surface area contributed by atoms with Crippen LogP contribution < -0.4 is 0 Å². The topological polar surface area (TPSA) is 53.5 Å². The summed E-state index contributed by atoms with van der Waals surface area (Å²) in [7, 11) is 1.83. The summed E-state index contributed by atoms with van der Waals surface area (Å²) < 4.78 is 0. The molecule has 2 amide bonds. The van der Waals surface area contributed by atoms with Gasteiger partial charge in [0.2, 0.25) is 0 Å². The van der Waals surface area contributed by atoms with Crippen molar-refractivity contribution in [2.75, 3.05) is 7.05 Å². The molecule has 0 N–H and O–H groups in total. The fourth-order valence-corrected chi connectivity index (χ4v) is 3.65. The maximum absolute atomic E-state index is 13.4. The van der Waals surface area contributed by atoms with E-state index in [0.29, 0.717) is 34.1 Å². The molecule has 0 spiro atoms. The van der Waals surface area contributed by atoms with Gasteiger partial charge in [0.1, 0.15) is 5.70 Å². The number of imide groups is 1. The number of carbonyl (C=O) groups excluding carboxylic acids is 2. The zero-order chi connectivity index (χ0) is 21.1. The van der Waals surface area contributed by atoms with E-state index in [0.717, 1.165) is 5.56 Å². The Balaban J connectivity index is 1.72. The standard InChI is InChI=1S/C24H20ClN3O2/c1-27(15-17-7-3-2-4-8-17)22-21(18-10-12-19(25)13-11-18)23(29)28(24(22)30)16-20-9-5-6-14-26-20/h2-14H,15-16H2,1H3. The highest BCUT2D eigenvalue weighted by Gasteiger charge is 2.40. The lowest BCUT2D eigenvalue weighted by atomic mass is 10.0. The first-order valence-electron chi connectivity index (χ1n) is 9.56. The van der Waals surface area contributed by atoms with E-state index >= 15 is 0 Å². The van der Waals surface area contributed by atoms with Crippen LogP contribution in [0, 0.1) is 0 Å². The summed E-state index contributed by atoms with van der Waals surface area (Å²) in [4.78, 5) is 34.0. The Morgan fingerprint density at radius 3 is 2.27 bits per heavy atom. The third-order valence-corrected chi connectivity index (χ3v) is 5.22. The van der Waals surface area contributed by atoms with E-state index in [4.69, 9.17) is 11.6 Å². The summed E-state index contributed by atoms with van der Waals surface area (Å²) in [5, 5.41) is 0.570. The van der Waals surface area contributed by atoms with Crippen molar-refractivity contribution >= 4 is 29.0 Å². The summed E-state index contributed by atoms with van der Waals surface area (Å²) in [6, 6.07) is 22.2. The van der Waals surface area contributed by atoms with E-state index in [-0.39, 0.29) is 18.4 Å². The predicted octanol–water partition coefficient (Wildman–Crippen LogP) is 4.15. The number of carbonyl (C=O) groups is 2. The maximum Gasteiger partial charge on any atom is 0.278 e. The van der Waals surface area contributed by atoms with Gasteiger partial charge in [-0.05, 0) is 35.4 Å². The number of nitrogens with zero attached hydrogens (tertiary/aromatic N) is 3. The zero-order valence-electron chi connectivity index (χ0n) is 16.5. The lowest BCUT2D eigenvalue weighted by Gasteiger charge is -2.21. The molecule has 1 aliphatic rings. The molecule has 2 aromatic carbocycles. The molecule has 3 aromatic rings. The first kappa shape index (κ1) is 19.9. The van der Waals surface area contributed by atoms with Gasteiger partial charge < -0.3 is 4.90 Å². The number of hydrogen-bond donors (Lipinski definition) is 0. The smallest absolute Gasteiger partial charge is 0.278 e. The number of hydrogen-bond acceptors (Lipinski definition) is 4. The summed E-state index contributed by atoms with van der Waals surface area (Å²) in [6.45, 7) is 0.627. The lowest BCUT2D eigenvalue weighted by molar-refractivity contribution is -0.138. The minimum atomic E-state index is -0.331. The summed E-state index contributed by atoms with van der Waals surface area (Å²) in [5.74, 6) is -0.656. The average Bonchev–Trinajstić information content (AvgIpc) is 3.00. The van der Waals surface area contributed by atoms with E-state index in [1.807, 2.05) is 48.3 Å². The molecule has 6 heteroatoms. The fraction of sp³-hybridized carbons (Fsp3) is 0.125. The van der Waals surface area contributed by atoms with E-state index in [1.165, 1.54) is 4.90 Å². The molecule has 30 heavy (non-hydrogen) atoms. The first-order chi connectivity index (χ1) is 14.5. The third kappa shape index (κ3) is 3.98. The normalized spacial score (nSPS) is 13.9. The van der Waals surface area contributed by atoms with Gasteiger partial charge in [-0.3, -0.25) is 19.5 Å². The number of pyridine rings is 1. The fourth-order valence-electron chi connectivity index (χ4n) is 3.53. The predicted molar refractivity (Wildman–Crippen MR) is 116 cm³/mol. The van der Waals surface area contributed by atoms with Crippen molar-refractivity contribution in [3.63, 3.8) is 0 Å². The van der Waals surface area contributed by atoms with Gasteiger partial charge in [-0.1, -0.05) is 60.1 Å². The summed E-state index contributed by atoms with van der Waals surface area (Å²) in [6.07, 6.45) is 1.65. The second-order valence-corrected chi connectivity index (χ2v) is 7.53. The second kappa shape index (κ2) is 8.51. The van der Waals surface area contributed by atoms with Crippen molar-refractivity contribution in [2.24, 2.45) is 0 Å². The minimum absolute atomic E-state index is 0.123. The third-order valence-electron chi connectivity index (χ3n) is 4.97. The van der Waals surface area contributed by atoms with Gasteiger partial charge in [0.05, 0.1) is 17.8 Å². The summed E-state index contributed by atoms with van der Waals surface area (Å²) in [5.41, 5.74) is 3.12. The second-order valence-electron chi connectivity index (χ2n) is 7.09. The molecule has 1 aliphatic heterocycles. The SMILES string of the molecule is CN(Cc1ccccc1)C1=C(c2ccc(Cl)cc2)C(=O)N(Cc2ccccn2)C1=O. The van der Waals surface area contributed by atoms with Gasteiger partial charge in [-0.25, -0.2) is 0 Å². The van der Waals surface area contributed by atoms with Crippen molar-refractivity contribution < 1.29 is 9.59 Å². The van der Waals surface area contributed by atoms with Crippen LogP contribution >= 0.6 is 11.6 Å². The Morgan fingerprint density at radius 2 is 1.60 bits per heavy atom. The highest BCUT2D eigenvalue weighted by molar-refractivity contribution is 6.35. The van der Waals surface area contributed by atoms with Crippen LogP contribution in [0.2, 0.25) is 5.02 Å². The Labute approximate surface area is 180 Å². The maximum atomic E-state index is 13.4. The van der Waals surface area contributed by atoms with Gasteiger partial charge in [0, 0.05) is 24.8 Å². The highest BCUT2D eigenvalue weighted by atomic mass is 35.5. The molecule has 0 radical (unpaired) electrons. The van der Waals surface area contributed by atoms with Gasteiger partial charge in [0.25, 0.3) is 11.8 Å². The number of aromatic nitrogens is 1. The molecule has 0 saturated heterocycles.